The second-order valence-corrected chi connectivity index (χ2v) is 7.00. The quantitative estimate of drug-likeness (QED) is 0.518. The highest BCUT2D eigenvalue weighted by atomic mass is 16.6. The molecular formula is C22H24O4. The van der Waals surface area contributed by atoms with Crippen LogP contribution in [0.1, 0.15) is 49.9 Å². The van der Waals surface area contributed by atoms with Gasteiger partial charge in [-0.2, -0.15) is 0 Å². The summed E-state index contributed by atoms with van der Waals surface area (Å²) in [6.45, 7) is 7.64. The molecule has 4 heteroatoms. The maximum atomic E-state index is 11.4. The zero-order valence-electron chi connectivity index (χ0n) is 15.8. The van der Waals surface area contributed by atoms with Crippen molar-refractivity contribution >= 4 is 5.97 Å². The standard InChI is InChI=1S/C22H24O4/c1-15(24)26-21-18(12-17(14-23)13-20(21)25-5)9-6-16-7-10-19(11-8-16)22(2,3)4/h7-8,10-13,23H,14H2,1-5H3. The molecule has 0 fully saturated rings. The van der Waals surface area contributed by atoms with Gasteiger partial charge < -0.3 is 14.6 Å². The van der Waals surface area contributed by atoms with Crippen LogP contribution in [-0.4, -0.2) is 18.2 Å². The van der Waals surface area contributed by atoms with Gasteiger partial charge in [-0.15, -0.1) is 0 Å². The summed E-state index contributed by atoms with van der Waals surface area (Å²) < 4.78 is 10.5. The van der Waals surface area contributed by atoms with Crippen LogP contribution in [0, 0.1) is 11.8 Å². The normalized spacial score (nSPS) is 10.7. The molecule has 0 bridgehead atoms. The molecule has 0 aliphatic rings. The van der Waals surface area contributed by atoms with Crippen molar-refractivity contribution in [3.63, 3.8) is 0 Å². The summed E-state index contributed by atoms with van der Waals surface area (Å²) in [6, 6.07) is 11.4. The van der Waals surface area contributed by atoms with Gasteiger partial charge in [-0.3, -0.25) is 4.79 Å². The number of carbonyl (C=O) groups excluding carboxylic acids is 1. The van der Waals surface area contributed by atoms with Crippen LogP contribution in [0.15, 0.2) is 36.4 Å². The third-order valence-corrected chi connectivity index (χ3v) is 3.86. The molecule has 0 aromatic heterocycles. The molecule has 2 rings (SSSR count). The number of ether oxygens (including phenoxy) is 2. The average molecular weight is 352 g/mol. The van der Waals surface area contributed by atoms with E-state index in [4.69, 9.17) is 9.47 Å². The molecule has 4 nitrogen and oxygen atoms in total. The molecule has 26 heavy (non-hydrogen) atoms. The molecule has 2 aromatic rings. The maximum Gasteiger partial charge on any atom is 0.308 e. The minimum atomic E-state index is -0.461. The molecule has 0 unspecified atom stereocenters. The summed E-state index contributed by atoms with van der Waals surface area (Å²) in [7, 11) is 1.48. The third kappa shape index (κ3) is 4.87. The zero-order chi connectivity index (χ0) is 19.3. The van der Waals surface area contributed by atoms with Crippen LogP contribution in [0.4, 0.5) is 0 Å². The fraction of sp³-hybridized carbons (Fsp3) is 0.318. The first kappa shape index (κ1) is 19.6. The van der Waals surface area contributed by atoms with Gasteiger partial charge >= 0.3 is 5.97 Å². The number of hydrogen-bond donors (Lipinski definition) is 1. The Morgan fingerprint density at radius 1 is 1.12 bits per heavy atom. The molecule has 0 aliphatic heterocycles. The molecule has 0 heterocycles. The second kappa shape index (κ2) is 8.07. The minimum Gasteiger partial charge on any atom is -0.493 e. The Bertz CT molecular complexity index is 847. The van der Waals surface area contributed by atoms with E-state index in [2.05, 4.69) is 44.7 Å². The molecule has 0 amide bonds. The highest BCUT2D eigenvalue weighted by Crippen LogP contribution is 2.33. The van der Waals surface area contributed by atoms with Crippen LogP contribution >= 0.6 is 0 Å². The van der Waals surface area contributed by atoms with Gasteiger partial charge in [0.2, 0.25) is 0 Å². The molecule has 0 saturated heterocycles. The number of rotatable bonds is 3. The summed E-state index contributed by atoms with van der Waals surface area (Å²) in [6.07, 6.45) is 0. The van der Waals surface area contributed by atoms with Gasteiger partial charge in [0.25, 0.3) is 0 Å². The first-order valence-electron chi connectivity index (χ1n) is 8.37. The number of hydrogen-bond acceptors (Lipinski definition) is 4. The second-order valence-electron chi connectivity index (χ2n) is 7.00. The molecule has 0 aliphatic carbocycles. The fourth-order valence-corrected chi connectivity index (χ4v) is 2.44. The lowest BCUT2D eigenvalue weighted by Gasteiger charge is -2.18. The van der Waals surface area contributed by atoms with Crippen LogP contribution in [0.5, 0.6) is 11.5 Å². The fourth-order valence-electron chi connectivity index (χ4n) is 2.44. The van der Waals surface area contributed by atoms with Crippen LogP contribution in [0.2, 0.25) is 0 Å². The molecule has 136 valence electrons. The highest BCUT2D eigenvalue weighted by Gasteiger charge is 2.15. The van der Waals surface area contributed by atoms with Crippen LogP contribution < -0.4 is 9.47 Å². The van der Waals surface area contributed by atoms with E-state index in [0.717, 1.165) is 5.56 Å². The molecule has 0 spiro atoms. The summed E-state index contributed by atoms with van der Waals surface area (Å²) in [5.41, 5.74) is 3.28. The van der Waals surface area contributed by atoms with E-state index in [1.807, 2.05) is 12.1 Å². The summed E-state index contributed by atoms with van der Waals surface area (Å²) in [5, 5.41) is 9.44. The number of benzene rings is 2. The van der Waals surface area contributed by atoms with E-state index in [9.17, 15) is 9.90 Å². The van der Waals surface area contributed by atoms with Crippen LogP contribution in [0.3, 0.4) is 0 Å². The molecule has 1 N–H and O–H groups in total. The van der Waals surface area contributed by atoms with Crippen molar-refractivity contribution in [3.05, 3.63) is 58.7 Å². The minimum absolute atomic E-state index is 0.0806. The number of carbonyl (C=O) groups is 1. The van der Waals surface area contributed by atoms with Crippen molar-refractivity contribution in [2.75, 3.05) is 7.11 Å². The lowest BCUT2D eigenvalue weighted by atomic mass is 9.87. The van der Waals surface area contributed by atoms with Gasteiger partial charge in [0.15, 0.2) is 11.5 Å². The monoisotopic (exact) mass is 352 g/mol. The van der Waals surface area contributed by atoms with Crippen molar-refractivity contribution < 1.29 is 19.4 Å². The number of aliphatic hydroxyl groups is 1. The number of methoxy groups -OCH3 is 1. The van der Waals surface area contributed by atoms with E-state index < -0.39 is 5.97 Å². The zero-order valence-corrected chi connectivity index (χ0v) is 15.8. The van der Waals surface area contributed by atoms with E-state index >= 15 is 0 Å². The number of esters is 1. The predicted octanol–water partition coefficient (Wildman–Crippen LogP) is 3.81. The average Bonchev–Trinajstić information content (AvgIpc) is 2.59. The first-order valence-corrected chi connectivity index (χ1v) is 8.37. The van der Waals surface area contributed by atoms with Gasteiger partial charge in [-0.25, -0.2) is 0 Å². The van der Waals surface area contributed by atoms with Crippen molar-refractivity contribution in [1.29, 1.82) is 0 Å². The summed E-state index contributed by atoms with van der Waals surface area (Å²) >= 11 is 0. The highest BCUT2D eigenvalue weighted by molar-refractivity contribution is 5.72. The molecule has 0 radical (unpaired) electrons. The van der Waals surface area contributed by atoms with Crippen molar-refractivity contribution in [2.24, 2.45) is 0 Å². The van der Waals surface area contributed by atoms with Gasteiger partial charge in [-0.05, 0) is 40.8 Å². The van der Waals surface area contributed by atoms with Gasteiger partial charge in [0.1, 0.15) is 0 Å². The van der Waals surface area contributed by atoms with E-state index in [0.29, 0.717) is 16.9 Å². The Balaban J connectivity index is 2.45. The van der Waals surface area contributed by atoms with E-state index in [1.165, 1.54) is 19.6 Å². The predicted molar refractivity (Wildman–Crippen MR) is 101 cm³/mol. The van der Waals surface area contributed by atoms with Gasteiger partial charge in [-0.1, -0.05) is 44.7 Å². The number of aliphatic hydroxyl groups excluding tert-OH is 1. The smallest absolute Gasteiger partial charge is 0.308 e. The Labute approximate surface area is 154 Å². The third-order valence-electron chi connectivity index (χ3n) is 3.86. The Hall–Kier alpha value is -2.77. The summed E-state index contributed by atoms with van der Waals surface area (Å²) in [4.78, 5) is 11.4. The molecule has 0 atom stereocenters. The van der Waals surface area contributed by atoms with Crippen LogP contribution in [0.25, 0.3) is 0 Å². The largest absolute Gasteiger partial charge is 0.493 e. The lowest BCUT2D eigenvalue weighted by Crippen LogP contribution is -2.10. The maximum absolute atomic E-state index is 11.4. The first-order chi connectivity index (χ1) is 12.2. The molecular weight excluding hydrogens is 328 g/mol. The Morgan fingerprint density at radius 2 is 1.77 bits per heavy atom. The lowest BCUT2D eigenvalue weighted by molar-refractivity contribution is -0.132. The van der Waals surface area contributed by atoms with Crippen molar-refractivity contribution in [2.45, 2.75) is 39.7 Å². The van der Waals surface area contributed by atoms with Crippen molar-refractivity contribution in [3.8, 4) is 23.3 Å². The van der Waals surface area contributed by atoms with Gasteiger partial charge in [0.05, 0.1) is 19.3 Å². The van der Waals surface area contributed by atoms with E-state index in [1.54, 1.807) is 12.1 Å². The SMILES string of the molecule is COc1cc(CO)cc(C#Cc2ccc(C(C)(C)C)cc2)c1OC(C)=O. The van der Waals surface area contributed by atoms with Crippen LogP contribution in [-0.2, 0) is 16.8 Å². The van der Waals surface area contributed by atoms with Crippen molar-refractivity contribution in [1.82, 2.24) is 0 Å². The Morgan fingerprint density at radius 3 is 2.27 bits per heavy atom. The topological polar surface area (TPSA) is 55.8 Å². The Kier molecular flexibility index (Phi) is 6.07. The molecule has 2 aromatic carbocycles. The summed E-state index contributed by atoms with van der Waals surface area (Å²) in [5.74, 6) is 6.26. The van der Waals surface area contributed by atoms with Gasteiger partial charge in [0, 0.05) is 12.5 Å². The molecule has 0 saturated carbocycles. The van der Waals surface area contributed by atoms with E-state index in [-0.39, 0.29) is 17.8 Å².